The molecule has 5 rings (SSSR count). The van der Waals surface area contributed by atoms with E-state index in [1.54, 1.807) is 11.5 Å². The molecule has 0 bridgehead atoms. The highest BCUT2D eigenvalue weighted by Gasteiger charge is 2.34. The number of allylic oxidation sites excluding steroid dienone is 1. The Labute approximate surface area is 212 Å². The summed E-state index contributed by atoms with van der Waals surface area (Å²) in [6.07, 6.45) is 1.86. The number of carbonyl (C=O) groups excluding carboxylic acids is 1. The van der Waals surface area contributed by atoms with Crippen LogP contribution in [0.2, 0.25) is 0 Å². The number of nitrogens with zero attached hydrogens (tertiary/aromatic N) is 3. The molecule has 0 spiro atoms. The second kappa shape index (κ2) is 9.47. The second-order valence-corrected chi connectivity index (χ2v) is 9.85. The maximum Gasteiger partial charge on any atom is 0.271 e. The topological polar surface area (TPSA) is 79.8 Å². The van der Waals surface area contributed by atoms with Crippen molar-refractivity contribution in [2.45, 2.75) is 19.9 Å². The number of fused-ring (bicyclic) bond motifs is 1. The fourth-order valence-electron chi connectivity index (χ4n) is 4.22. The first-order valence-electron chi connectivity index (χ1n) is 11.5. The number of thiazole rings is 1. The number of rotatable bonds is 5. The maximum atomic E-state index is 13.7. The van der Waals surface area contributed by atoms with Crippen molar-refractivity contribution in [3.05, 3.63) is 115 Å². The highest BCUT2D eigenvalue weighted by Crippen LogP contribution is 2.31. The summed E-state index contributed by atoms with van der Waals surface area (Å²) in [4.78, 5) is 34.4. The van der Waals surface area contributed by atoms with Gasteiger partial charge in [-0.2, -0.15) is 0 Å². The van der Waals surface area contributed by atoms with Crippen LogP contribution in [0.15, 0.2) is 92.2 Å². The van der Waals surface area contributed by atoms with E-state index < -0.39 is 6.04 Å². The number of amides is 1. The molecular weight excluding hydrogens is 472 g/mol. The lowest BCUT2D eigenvalue weighted by Gasteiger charge is -2.23. The van der Waals surface area contributed by atoms with Crippen molar-refractivity contribution in [3.8, 4) is 0 Å². The van der Waals surface area contributed by atoms with Crippen LogP contribution in [0.4, 0.5) is 11.4 Å². The van der Waals surface area contributed by atoms with E-state index in [1.165, 1.54) is 11.3 Å². The van der Waals surface area contributed by atoms with E-state index in [2.05, 4.69) is 10.3 Å². The van der Waals surface area contributed by atoms with Crippen molar-refractivity contribution >= 4 is 34.7 Å². The molecule has 7 nitrogen and oxygen atoms in total. The number of carbonyl (C=O) groups is 1. The molecule has 36 heavy (non-hydrogen) atoms. The zero-order valence-electron chi connectivity index (χ0n) is 20.5. The Morgan fingerprint density at radius 3 is 2.42 bits per heavy atom. The molecule has 2 aromatic carbocycles. The van der Waals surface area contributed by atoms with Crippen LogP contribution >= 0.6 is 11.3 Å². The third-order valence-corrected chi connectivity index (χ3v) is 7.02. The standard InChI is InChI=1S/C28H26N4O3S/c1-17-10-15-22(35-17)25-24(26(33)30-20-8-6-5-7-9-20)18(2)29-28-32(25)27(34)23(36-28)16-19-11-13-21(14-12-19)31(3)4/h5-16,25H,1-4H3,(H,30,33). The zero-order chi connectivity index (χ0) is 25.4. The molecule has 0 aliphatic carbocycles. The van der Waals surface area contributed by atoms with Gasteiger partial charge in [0.25, 0.3) is 11.5 Å². The predicted octanol–water partition coefficient (Wildman–Crippen LogP) is 3.84. The van der Waals surface area contributed by atoms with Crippen molar-refractivity contribution in [2.24, 2.45) is 4.99 Å². The Morgan fingerprint density at radius 2 is 1.78 bits per heavy atom. The number of furan rings is 1. The van der Waals surface area contributed by atoms with Crippen LogP contribution in [0.1, 0.15) is 30.0 Å². The molecule has 2 aromatic heterocycles. The van der Waals surface area contributed by atoms with E-state index in [0.29, 0.717) is 37.8 Å². The van der Waals surface area contributed by atoms with Crippen LogP contribution in [0, 0.1) is 6.92 Å². The number of hydrogen-bond donors (Lipinski definition) is 1. The SMILES string of the molecule is CC1=C(C(=O)Nc2ccccc2)C(c2ccc(C)o2)n2c(sc(=Cc3ccc(N(C)C)cc3)c2=O)=N1. The van der Waals surface area contributed by atoms with E-state index in [9.17, 15) is 9.59 Å². The second-order valence-electron chi connectivity index (χ2n) is 8.84. The van der Waals surface area contributed by atoms with E-state index in [-0.39, 0.29) is 11.5 Å². The van der Waals surface area contributed by atoms with Gasteiger partial charge in [-0.3, -0.25) is 14.2 Å². The summed E-state index contributed by atoms with van der Waals surface area (Å²) in [6.45, 7) is 3.63. The van der Waals surface area contributed by atoms with Crippen molar-refractivity contribution < 1.29 is 9.21 Å². The minimum atomic E-state index is -0.725. The van der Waals surface area contributed by atoms with E-state index in [0.717, 1.165) is 11.3 Å². The highest BCUT2D eigenvalue weighted by atomic mass is 32.1. The molecule has 1 unspecified atom stereocenters. The quantitative estimate of drug-likeness (QED) is 0.454. The number of para-hydroxylation sites is 1. The summed E-state index contributed by atoms with van der Waals surface area (Å²) >= 11 is 1.30. The van der Waals surface area contributed by atoms with Gasteiger partial charge in [-0.25, -0.2) is 4.99 Å². The van der Waals surface area contributed by atoms with Crippen LogP contribution in [0.25, 0.3) is 6.08 Å². The molecule has 8 heteroatoms. The first kappa shape index (κ1) is 23.6. The Morgan fingerprint density at radius 1 is 1.06 bits per heavy atom. The molecule has 0 radical (unpaired) electrons. The minimum Gasteiger partial charge on any atom is -0.464 e. The van der Waals surface area contributed by atoms with E-state index in [4.69, 9.17) is 4.42 Å². The molecular formula is C28H26N4O3S. The van der Waals surface area contributed by atoms with Gasteiger partial charge < -0.3 is 14.6 Å². The average molecular weight is 499 g/mol. The van der Waals surface area contributed by atoms with Crippen molar-refractivity contribution in [2.75, 3.05) is 24.3 Å². The average Bonchev–Trinajstić information content (AvgIpc) is 3.42. The highest BCUT2D eigenvalue weighted by molar-refractivity contribution is 7.07. The summed E-state index contributed by atoms with van der Waals surface area (Å²) < 4.78 is 8.06. The van der Waals surface area contributed by atoms with Crippen LogP contribution in [-0.2, 0) is 4.79 Å². The molecule has 182 valence electrons. The van der Waals surface area contributed by atoms with Gasteiger partial charge in [0.15, 0.2) is 4.80 Å². The van der Waals surface area contributed by atoms with E-state index >= 15 is 0 Å². The number of benzene rings is 2. The van der Waals surface area contributed by atoms with Gasteiger partial charge in [0.1, 0.15) is 17.6 Å². The lowest BCUT2D eigenvalue weighted by molar-refractivity contribution is -0.113. The number of aromatic nitrogens is 1. The molecule has 0 saturated heterocycles. The fraction of sp³-hybridized carbons (Fsp3) is 0.179. The molecule has 1 N–H and O–H groups in total. The smallest absolute Gasteiger partial charge is 0.271 e. The third kappa shape index (κ3) is 4.43. The summed E-state index contributed by atoms with van der Waals surface area (Å²) in [6, 6.07) is 20.1. The van der Waals surface area contributed by atoms with Crippen LogP contribution in [0.3, 0.4) is 0 Å². The summed E-state index contributed by atoms with van der Waals surface area (Å²) in [5, 5.41) is 2.94. The Balaban J connectivity index is 1.63. The molecule has 0 fully saturated rings. The molecule has 1 atom stereocenters. The molecule has 1 aliphatic heterocycles. The van der Waals surface area contributed by atoms with Gasteiger partial charge in [-0.1, -0.05) is 41.7 Å². The zero-order valence-corrected chi connectivity index (χ0v) is 21.3. The monoisotopic (exact) mass is 498 g/mol. The largest absolute Gasteiger partial charge is 0.464 e. The van der Waals surface area contributed by atoms with Gasteiger partial charge >= 0.3 is 0 Å². The van der Waals surface area contributed by atoms with Crippen LogP contribution in [-0.4, -0.2) is 24.6 Å². The Bertz CT molecular complexity index is 1640. The van der Waals surface area contributed by atoms with Gasteiger partial charge in [0, 0.05) is 25.5 Å². The number of nitrogens with one attached hydrogen (secondary N) is 1. The fourth-order valence-corrected chi connectivity index (χ4v) is 5.27. The maximum absolute atomic E-state index is 13.7. The number of anilines is 2. The van der Waals surface area contributed by atoms with Crippen molar-refractivity contribution in [1.82, 2.24) is 4.57 Å². The predicted molar refractivity (Wildman–Crippen MR) is 143 cm³/mol. The molecule has 4 aromatic rings. The molecule has 1 amide bonds. The summed E-state index contributed by atoms with van der Waals surface area (Å²) in [7, 11) is 3.97. The summed E-state index contributed by atoms with van der Waals surface area (Å²) in [5.41, 5.74) is 3.36. The Kier molecular flexibility index (Phi) is 6.20. The first-order chi connectivity index (χ1) is 17.3. The van der Waals surface area contributed by atoms with Gasteiger partial charge in [-0.05, 0) is 61.9 Å². The first-order valence-corrected chi connectivity index (χ1v) is 12.4. The van der Waals surface area contributed by atoms with E-state index in [1.807, 2.05) is 98.7 Å². The lowest BCUT2D eigenvalue weighted by atomic mass is 10.00. The van der Waals surface area contributed by atoms with Gasteiger partial charge in [-0.15, -0.1) is 0 Å². The minimum absolute atomic E-state index is 0.216. The molecule has 0 saturated carbocycles. The number of aryl methyl sites for hydroxylation is 1. The Hall–Kier alpha value is -4.17. The molecule has 1 aliphatic rings. The van der Waals surface area contributed by atoms with Crippen LogP contribution < -0.4 is 25.1 Å². The third-order valence-electron chi connectivity index (χ3n) is 6.04. The van der Waals surface area contributed by atoms with Gasteiger partial charge in [0.05, 0.1) is 15.8 Å². The number of hydrogen-bond acceptors (Lipinski definition) is 6. The molecule has 3 heterocycles. The van der Waals surface area contributed by atoms with Crippen LogP contribution in [0.5, 0.6) is 0 Å². The normalized spacial score (nSPS) is 15.4. The lowest BCUT2D eigenvalue weighted by Crippen LogP contribution is -2.40. The summed E-state index contributed by atoms with van der Waals surface area (Å²) in [5.74, 6) is 0.892. The van der Waals surface area contributed by atoms with Crippen molar-refractivity contribution in [3.63, 3.8) is 0 Å². The van der Waals surface area contributed by atoms with Crippen molar-refractivity contribution in [1.29, 1.82) is 0 Å². The van der Waals surface area contributed by atoms with Gasteiger partial charge in [0.2, 0.25) is 0 Å².